The fourth-order valence-corrected chi connectivity index (χ4v) is 1.35. The second-order valence-corrected chi connectivity index (χ2v) is 2.91. The van der Waals surface area contributed by atoms with E-state index in [4.69, 9.17) is 0 Å². The summed E-state index contributed by atoms with van der Waals surface area (Å²) in [6.07, 6.45) is -2.22. The third-order valence-corrected chi connectivity index (χ3v) is 1.95. The van der Waals surface area contributed by atoms with Crippen molar-refractivity contribution in [2.24, 2.45) is 0 Å². The SMILES string of the molecule is O=c1ccc2cnccc2n1C(F)(F)F. The maximum absolute atomic E-state index is 12.5. The lowest BCUT2D eigenvalue weighted by atomic mass is 10.2. The van der Waals surface area contributed by atoms with E-state index in [0.29, 0.717) is 0 Å². The van der Waals surface area contributed by atoms with Gasteiger partial charge in [-0.2, -0.15) is 0 Å². The summed E-state index contributed by atoms with van der Waals surface area (Å²) in [6.45, 7) is 0. The van der Waals surface area contributed by atoms with Crippen molar-refractivity contribution < 1.29 is 13.2 Å². The number of nitrogens with zero attached hydrogens (tertiary/aromatic N) is 2. The van der Waals surface area contributed by atoms with Gasteiger partial charge in [0.25, 0.3) is 5.56 Å². The standard InChI is InChI=1S/C9H5F3N2O/c10-9(11,12)14-7-3-4-13-5-6(7)1-2-8(14)15/h1-5H. The van der Waals surface area contributed by atoms with Crippen molar-refractivity contribution in [1.29, 1.82) is 0 Å². The van der Waals surface area contributed by atoms with E-state index >= 15 is 0 Å². The molecule has 0 saturated heterocycles. The fourth-order valence-electron chi connectivity index (χ4n) is 1.35. The molecule has 0 bridgehead atoms. The first kappa shape index (κ1) is 9.70. The summed E-state index contributed by atoms with van der Waals surface area (Å²) in [4.78, 5) is 14.8. The molecule has 2 aromatic rings. The van der Waals surface area contributed by atoms with Gasteiger partial charge in [-0.25, -0.2) is 4.57 Å². The van der Waals surface area contributed by atoms with Crippen LogP contribution in [0.5, 0.6) is 0 Å². The van der Waals surface area contributed by atoms with Crippen LogP contribution in [0.3, 0.4) is 0 Å². The van der Waals surface area contributed by atoms with Gasteiger partial charge in [-0.3, -0.25) is 9.78 Å². The lowest BCUT2D eigenvalue weighted by Gasteiger charge is -2.12. The summed E-state index contributed by atoms with van der Waals surface area (Å²) in [5.74, 6) is 0. The van der Waals surface area contributed by atoms with E-state index in [0.717, 1.165) is 12.1 Å². The van der Waals surface area contributed by atoms with Crippen LogP contribution in [0.2, 0.25) is 0 Å². The molecule has 0 aliphatic carbocycles. The molecule has 15 heavy (non-hydrogen) atoms. The Morgan fingerprint density at radius 2 is 1.93 bits per heavy atom. The molecule has 3 nitrogen and oxygen atoms in total. The van der Waals surface area contributed by atoms with E-state index in [1.165, 1.54) is 18.5 Å². The number of pyridine rings is 2. The van der Waals surface area contributed by atoms with Crippen LogP contribution in [0.25, 0.3) is 10.9 Å². The number of hydrogen-bond donors (Lipinski definition) is 0. The van der Waals surface area contributed by atoms with E-state index < -0.39 is 11.9 Å². The van der Waals surface area contributed by atoms with Gasteiger partial charge in [0, 0.05) is 23.8 Å². The number of halogens is 3. The lowest BCUT2D eigenvalue weighted by molar-refractivity contribution is -0.202. The Kier molecular flexibility index (Phi) is 1.99. The third-order valence-electron chi connectivity index (χ3n) is 1.95. The van der Waals surface area contributed by atoms with Crippen molar-refractivity contribution in [3.63, 3.8) is 0 Å². The molecule has 0 radical (unpaired) electrons. The van der Waals surface area contributed by atoms with E-state index in [2.05, 4.69) is 4.98 Å². The quantitative estimate of drug-likeness (QED) is 0.671. The van der Waals surface area contributed by atoms with Crippen LogP contribution in [0, 0.1) is 0 Å². The summed E-state index contributed by atoms with van der Waals surface area (Å²) >= 11 is 0. The van der Waals surface area contributed by atoms with Crippen LogP contribution in [-0.2, 0) is 6.30 Å². The van der Waals surface area contributed by atoms with Gasteiger partial charge in [0.1, 0.15) is 0 Å². The van der Waals surface area contributed by atoms with Gasteiger partial charge in [0.2, 0.25) is 0 Å². The van der Waals surface area contributed by atoms with Gasteiger partial charge in [-0.1, -0.05) is 0 Å². The summed E-state index contributed by atoms with van der Waals surface area (Å²) in [5.41, 5.74) is -1.29. The minimum absolute atomic E-state index is 0.190. The maximum atomic E-state index is 12.5. The van der Waals surface area contributed by atoms with Gasteiger partial charge in [-0.15, -0.1) is 13.2 Å². The first-order valence-corrected chi connectivity index (χ1v) is 4.03. The summed E-state index contributed by atoms with van der Waals surface area (Å²) in [5, 5.41) is 0.273. The molecular weight excluding hydrogens is 209 g/mol. The highest BCUT2D eigenvalue weighted by Gasteiger charge is 2.33. The summed E-state index contributed by atoms with van der Waals surface area (Å²) in [7, 11) is 0. The summed E-state index contributed by atoms with van der Waals surface area (Å²) < 4.78 is 37.4. The van der Waals surface area contributed by atoms with Crippen molar-refractivity contribution in [3.8, 4) is 0 Å². The van der Waals surface area contributed by atoms with Gasteiger partial charge in [0.15, 0.2) is 0 Å². The van der Waals surface area contributed by atoms with Gasteiger partial charge >= 0.3 is 6.30 Å². The molecule has 6 heteroatoms. The number of hydrogen-bond acceptors (Lipinski definition) is 2. The average molecular weight is 214 g/mol. The van der Waals surface area contributed by atoms with Crippen molar-refractivity contribution in [1.82, 2.24) is 9.55 Å². The minimum Gasteiger partial charge on any atom is -0.269 e. The Hall–Kier alpha value is -1.85. The zero-order chi connectivity index (χ0) is 11.1. The first-order valence-electron chi connectivity index (χ1n) is 4.03. The normalized spacial score (nSPS) is 11.9. The zero-order valence-corrected chi connectivity index (χ0v) is 7.32. The van der Waals surface area contributed by atoms with E-state index in [-0.39, 0.29) is 15.5 Å². The second kappa shape index (κ2) is 3.08. The Balaban J connectivity index is 2.93. The predicted molar refractivity (Wildman–Crippen MR) is 47.3 cm³/mol. The van der Waals surface area contributed by atoms with E-state index in [1.807, 2.05) is 0 Å². The first-order chi connectivity index (χ1) is 7.00. The zero-order valence-electron chi connectivity index (χ0n) is 7.32. The predicted octanol–water partition coefficient (Wildman–Crippen LogP) is 1.87. The topological polar surface area (TPSA) is 34.9 Å². The Labute approximate surface area is 81.8 Å². The Morgan fingerprint density at radius 1 is 1.20 bits per heavy atom. The molecule has 0 atom stereocenters. The van der Waals surface area contributed by atoms with Crippen molar-refractivity contribution >= 4 is 10.9 Å². The second-order valence-electron chi connectivity index (χ2n) is 2.91. The maximum Gasteiger partial charge on any atom is 0.491 e. The molecule has 2 aromatic heterocycles. The highest BCUT2D eigenvalue weighted by Crippen LogP contribution is 2.24. The molecule has 78 valence electrons. The van der Waals surface area contributed by atoms with Crippen LogP contribution in [0.1, 0.15) is 0 Å². The molecule has 0 aliphatic rings. The number of fused-ring (bicyclic) bond motifs is 1. The molecule has 0 unspecified atom stereocenters. The average Bonchev–Trinajstić information content (AvgIpc) is 2.15. The fraction of sp³-hybridized carbons (Fsp3) is 0.111. The highest BCUT2D eigenvalue weighted by atomic mass is 19.4. The Morgan fingerprint density at radius 3 is 2.60 bits per heavy atom. The van der Waals surface area contributed by atoms with E-state index in [9.17, 15) is 18.0 Å². The molecular formula is C9H5F3N2O. The van der Waals surface area contributed by atoms with Crippen molar-refractivity contribution in [2.75, 3.05) is 0 Å². The van der Waals surface area contributed by atoms with Crippen molar-refractivity contribution in [3.05, 3.63) is 40.9 Å². The highest BCUT2D eigenvalue weighted by molar-refractivity contribution is 5.77. The van der Waals surface area contributed by atoms with Crippen molar-refractivity contribution in [2.45, 2.75) is 6.30 Å². The van der Waals surface area contributed by atoms with Crippen LogP contribution in [0.4, 0.5) is 13.2 Å². The molecule has 0 amide bonds. The molecule has 0 aliphatic heterocycles. The monoisotopic (exact) mass is 214 g/mol. The van der Waals surface area contributed by atoms with Crippen LogP contribution < -0.4 is 5.56 Å². The van der Waals surface area contributed by atoms with Crippen LogP contribution in [0.15, 0.2) is 35.4 Å². The smallest absolute Gasteiger partial charge is 0.269 e. The van der Waals surface area contributed by atoms with Gasteiger partial charge in [-0.05, 0) is 12.1 Å². The summed E-state index contributed by atoms with van der Waals surface area (Å²) in [6, 6.07) is 3.34. The molecule has 0 aromatic carbocycles. The Bertz CT molecular complexity index is 559. The number of aromatic nitrogens is 2. The van der Waals surface area contributed by atoms with Crippen LogP contribution >= 0.6 is 0 Å². The molecule has 2 rings (SSSR count). The molecule has 0 fully saturated rings. The van der Waals surface area contributed by atoms with Crippen LogP contribution in [-0.4, -0.2) is 9.55 Å². The molecule has 0 spiro atoms. The van der Waals surface area contributed by atoms with Gasteiger partial charge in [0.05, 0.1) is 5.52 Å². The molecule has 0 saturated carbocycles. The minimum atomic E-state index is -4.71. The van der Waals surface area contributed by atoms with E-state index in [1.54, 1.807) is 0 Å². The molecule has 0 N–H and O–H groups in total. The molecule has 2 heterocycles. The number of alkyl halides is 3. The largest absolute Gasteiger partial charge is 0.491 e. The number of rotatable bonds is 0. The lowest BCUT2D eigenvalue weighted by Crippen LogP contribution is -2.30. The van der Waals surface area contributed by atoms with Gasteiger partial charge < -0.3 is 0 Å². The third kappa shape index (κ3) is 1.58.